The van der Waals surface area contributed by atoms with Crippen molar-refractivity contribution < 1.29 is 17.8 Å². The maximum absolute atomic E-state index is 11.4. The Kier molecular flexibility index (Phi) is 4.16. The van der Waals surface area contributed by atoms with Crippen molar-refractivity contribution in [2.24, 2.45) is 0 Å². The van der Waals surface area contributed by atoms with Crippen molar-refractivity contribution in [2.45, 2.75) is 24.5 Å². The van der Waals surface area contributed by atoms with E-state index < -0.39 is 10.1 Å². The van der Waals surface area contributed by atoms with Crippen molar-refractivity contribution in [1.29, 1.82) is 0 Å². The van der Waals surface area contributed by atoms with Gasteiger partial charge in [0, 0.05) is 26.2 Å². The highest BCUT2D eigenvalue weighted by Crippen LogP contribution is 2.18. The lowest BCUT2D eigenvalue weighted by Crippen LogP contribution is -2.36. The first kappa shape index (κ1) is 15.7. The van der Waals surface area contributed by atoms with Gasteiger partial charge < -0.3 is 15.2 Å². The third-order valence-electron chi connectivity index (χ3n) is 3.61. The van der Waals surface area contributed by atoms with Gasteiger partial charge in [-0.2, -0.15) is 8.42 Å². The average molecular weight is 336 g/mol. The molecule has 0 spiro atoms. The van der Waals surface area contributed by atoms with Crippen LogP contribution in [0.25, 0.3) is 0 Å². The highest BCUT2D eigenvalue weighted by Gasteiger charge is 2.26. The quantitative estimate of drug-likeness (QED) is 0.640. The second-order valence-electron chi connectivity index (χ2n) is 5.13. The second kappa shape index (κ2) is 6.11. The van der Waals surface area contributed by atoms with Gasteiger partial charge in [0.15, 0.2) is 5.82 Å². The van der Waals surface area contributed by atoms with Crippen LogP contribution < -0.4 is 10.6 Å². The molecule has 1 amide bonds. The molecule has 0 fully saturated rings. The molecule has 0 bridgehead atoms. The van der Waals surface area contributed by atoms with Crippen molar-refractivity contribution in [1.82, 2.24) is 20.2 Å². The SMILES string of the molecule is O=C1NCCn2c1nc1c2CNC1.O=S(=O)(O)c1ccccc1. The Bertz CT molecular complexity index is 830. The van der Waals surface area contributed by atoms with Gasteiger partial charge in [-0.1, -0.05) is 18.2 Å². The van der Waals surface area contributed by atoms with E-state index in [0.717, 1.165) is 25.3 Å². The lowest BCUT2D eigenvalue weighted by molar-refractivity contribution is 0.0921. The zero-order valence-corrected chi connectivity index (χ0v) is 13.0. The fraction of sp³-hybridized carbons (Fsp3) is 0.286. The van der Waals surface area contributed by atoms with Gasteiger partial charge in [-0.3, -0.25) is 9.35 Å². The molecule has 4 rings (SSSR count). The molecular formula is C14H16N4O4S. The van der Waals surface area contributed by atoms with E-state index in [9.17, 15) is 13.2 Å². The zero-order valence-electron chi connectivity index (χ0n) is 12.2. The minimum atomic E-state index is -4.00. The first-order chi connectivity index (χ1) is 11.0. The number of nitrogens with zero attached hydrogens (tertiary/aromatic N) is 2. The van der Waals surface area contributed by atoms with E-state index >= 15 is 0 Å². The van der Waals surface area contributed by atoms with E-state index in [4.69, 9.17) is 4.55 Å². The number of hydrogen-bond acceptors (Lipinski definition) is 5. The standard InChI is InChI=1S/C8H10N4O.C6H6O3S/c13-8-7-11-5-3-9-4-6(5)12(7)2-1-10-8;7-10(8,9)6-4-2-1-3-5-6/h9H,1-4H2,(H,10,13);1-5H,(H,7,8,9). The summed E-state index contributed by atoms with van der Waals surface area (Å²) in [6.07, 6.45) is 0. The first-order valence-corrected chi connectivity index (χ1v) is 8.50. The van der Waals surface area contributed by atoms with Crippen LogP contribution in [0.2, 0.25) is 0 Å². The summed E-state index contributed by atoms with van der Waals surface area (Å²) in [5.41, 5.74) is 2.22. The summed E-state index contributed by atoms with van der Waals surface area (Å²) in [6, 6.07) is 7.42. The van der Waals surface area contributed by atoms with Gasteiger partial charge >= 0.3 is 0 Å². The van der Waals surface area contributed by atoms with Crippen LogP contribution in [0.15, 0.2) is 35.2 Å². The van der Waals surface area contributed by atoms with E-state index in [0.29, 0.717) is 12.4 Å². The lowest BCUT2D eigenvalue weighted by atomic mass is 10.3. The molecule has 0 atom stereocenters. The van der Waals surface area contributed by atoms with Gasteiger partial charge in [-0.05, 0) is 12.1 Å². The van der Waals surface area contributed by atoms with Gasteiger partial charge in [0.05, 0.1) is 16.3 Å². The molecule has 2 aliphatic heterocycles. The fourth-order valence-corrected chi connectivity index (χ4v) is 3.04. The molecule has 9 heteroatoms. The summed E-state index contributed by atoms with van der Waals surface area (Å²) in [5, 5.41) is 6.00. The normalized spacial score (nSPS) is 16.0. The molecule has 0 saturated carbocycles. The fourth-order valence-electron chi connectivity index (χ4n) is 2.54. The third-order valence-corrected chi connectivity index (χ3v) is 4.47. The largest absolute Gasteiger partial charge is 0.348 e. The maximum Gasteiger partial charge on any atom is 0.294 e. The Morgan fingerprint density at radius 1 is 1.17 bits per heavy atom. The maximum atomic E-state index is 11.4. The number of carbonyl (C=O) groups excluding carboxylic acids is 1. The Morgan fingerprint density at radius 2 is 1.91 bits per heavy atom. The van der Waals surface area contributed by atoms with Crippen LogP contribution in [0.5, 0.6) is 0 Å². The number of hydrogen-bond donors (Lipinski definition) is 3. The molecule has 3 heterocycles. The number of fused-ring (bicyclic) bond motifs is 3. The van der Waals surface area contributed by atoms with Gasteiger partial charge in [0.2, 0.25) is 0 Å². The average Bonchev–Trinajstić information content (AvgIpc) is 3.10. The molecule has 0 unspecified atom stereocenters. The van der Waals surface area contributed by atoms with Gasteiger partial charge in [-0.15, -0.1) is 0 Å². The van der Waals surface area contributed by atoms with E-state index in [1.54, 1.807) is 18.2 Å². The molecule has 2 aliphatic rings. The summed E-state index contributed by atoms with van der Waals surface area (Å²) < 4.78 is 31.3. The lowest BCUT2D eigenvalue weighted by Gasteiger charge is -2.16. The number of rotatable bonds is 1. The van der Waals surface area contributed by atoms with Crippen LogP contribution in [-0.4, -0.2) is 35.0 Å². The van der Waals surface area contributed by atoms with Crippen LogP contribution >= 0.6 is 0 Å². The van der Waals surface area contributed by atoms with Crippen LogP contribution in [0.4, 0.5) is 0 Å². The van der Waals surface area contributed by atoms with E-state index in [-0.39, 0.29) is 10.8 Å². The molecule has 1 aromatic heterocycles. The van der Waals surface area contributed by atoms with Crippen molar-refractivity contribution in [3.05, 3.63) is 47.5 Å². The molecule has 1 aromatic carbocycles. The highest BCUT2D eigenvalue weighted by molar-refractivity contribution is 7.85. The molecular weight excluding hydrogens is 320 g/mol. The van der Waals surface area contributed by atoms with Crippen molar-refractivity contribution in [3.8, 4) is 0 Å². The summed E-state index contributed by atoms with van der Waals surface area (Å²) in [7, 11) is -4.00. The monoisotopic (exact) mass is 336 g/mol. The predicted molar refractivity (Wildman–Crippen MR) is 81.4 cm³/mol. The van der Waals surface area contributed by atoms with Crippen molar-refractivity contribution in [2.75, 3.05) is 6.54 Å². The Balaban J connectivity index is 0.000000142. The van der Waals surface area contributed by atoms with Crippen LogP contribution in [0.1, 0.15) is 22.0 Å². The molecule has 122 valence electrons. The predicted octanol–water partition coefficient (Wildman–Crippen LogP) is 0.163. The molecule has 2 aromatic rings. The molecule has 3 N–H and O–H groups in total. The van der Waals surface area contributed by atoms with Crippen LogP contribution in [0, 0.1) is 0 Å². The molecule has 0 radical (unpaired) electrons. The number of carbonyl (C=O) groups is 1. The number of amides is 1. The topological polar surface area (TPSA) is 113 Å². The molecule has 8 nitrogen and oxygen atoms in total. The summed E-state index contributed by atoms with van der Waals surface area (Å²) in [5.74, 6) is 0.540. The number of nitrogens with one attached hydrogen (secondary N) is 2. The number of imidazole rings is 1. The summed E-state index contributed by atoms with van der Waals surface area (Å²) in [6.45, 7) is 3.21. The van der Waals surface area contributed by atoms with Crippen LogP contribution in [0.3, 0.4) is 0 Å². The molecule has 0 saturated heterocycles. The Labute approximate surface area is 133 Å². The van der Waals surface area contributed by atoms with Crippen molar-refractivity contribution in [3.63, 3.8) is 0 Å². The minimum absolute atomic E-state index is 0.0411. The first-order valence-electron chi connectivity index (χ1n) is 7.06. The van der Waals surface area contributed by atoms with Gasteiger partial charge in [0.1, 0.15) is 0 Å². The summed E-state index contributed by atoms with van der Waals surface area (Å²) in [4.78, 5) is 15.6. The van der Waals surface area contributed by atoms with E-state index in [1.807, 2.05) is 4.57 Å². The smallest absolute Gasteiger partial charge is 0.294 e. The van der Waals surface area contributed by atoms with E-state index in [1.165, 1.54) is 17.8 Å². The van der Waals surface area contributed by atoms with Crippen molar-refractivity contribution >= 4 is 16.0 Å². The van der Waals surface area contributed by atoms with Gasteiger partial charge in [-0.25, -0.2) is 4.98 Å². The van der Waals surface area contributed by atoms with Crippen LogP contribution in [-0.2, 0) is 29.8 Å². The Hall–Kier alpha value is -2.23. The van der Waals surface area contributed by atoms with Gasteiger partial charge in [0.25, 0.3) is 16.0 Å². The molecule has 0 aliphatic carbocycles. The zero-order chi connectivity index (χ0) is 16.4. The second-order valence-corrected chi connectivity index (χ2v) is 6.55. The highest BCUT2D eigenvalue weighted by atomic mass is 32.2. The third kappa shape index (κ3) is 3.26. The van der Waals surface area contributed by atoms with E-state index in [2.05, 4.69) is 15.6 Å². The minimum Gasteiger partial charge on any atom is -0.348 e. The number of benzene rings is 1. The molecule has 23 heavy (non-hydrogen) atoms. The summed E-state index contributed by atoms with van der Waals surface area (Å²) >= 11 is 0. The number of aromatic nitrogens is 2. The Morgan fingerprint density at radius 3 is 2.57 bits per heavy atom.